The molecule has 0 atom stereocenters. The molecule has 0 aliphatic heterocycles. The van der Waals surface area contributed by atoms with E-state index in [1.807, 2.05) is 12.1 Å². The molecule has 3 aromatic rings. The van der Waals surface area contributed by atoms with Gasteiger partial charge in [0.2, 0.25) is 0 Å². The van der Waals surface area contributed by atoms with Gasteiger partial charge in [-0.15, -0.1) is 0 Å². The van der Waals surface area contributed by atoms with Crippen LogP contribution in [0, 0.1) is 0 Å². The quantitative estimate of drug-likeness (QED) is 0.446. The zero-order valence-electron chi connectivity index (χ0n) is 16.8. The van der Waals surface area contributed by atoms with Gasteiger partial charge in [-0.2, -0.15) is 0 Å². The summed E-state index contributed by atoms with van der Waals surface area (Å²) in [4.78, 5) is 40.1. The topological polar surface area (TPSA) is 107 Å². The van der Waals surface area contributed by atoms with E-state index < -0.39 is 6.16 Å². The van der Waals surface area contributed by atoms with Crippen LogP contribution in [-0.4, -0.2) is 29.6 Å². The molecule has 0 bridgehead atoms. The van der Waals surface area contributed by atoms with Gasteiger partial charge in [-0.25, -0.2) is 4.79 Å². The molecule has 0 aliphatic rings. The van der Waals surface area contributed by atoms with Crippen molar-refractivity contribution in [1.82, 2.24) is 10.3 Å². The molecule has 0 unspecified atom stereocenters. The van der Waals surface area contributed by atoms with E-state index in [4.69, 9.17) is 9.47 Å². The lowest BCUT2D eigenvalue weighted by Gasteiger charge is -2.12. The molecule has 8 nitrogen and oxygen atoms in total. The summed E-state index contributed by atoms with van der Waals surface area (Å²) in [6.45, 7) is 2.11. The molecule has 2 amide bonds. The van der Waals surface area contributed by atoms with Crippen LogP contribution in [0.1, 0.15) is 33.2 Å². The number of carbonyl (C=O) groups is 3. The molecule has 0 fully saturated rings. The number of rotatable bonds is 7. The van der Waals surface area contributed by atoms with Crippen molar-refractivity contribution in [3.8, 4) is 5.75 Å². The van der Waals surface area contributed by atoms with Crippen molar-refractivity contribution in [2.75, 3.05) is 11.9 Å². The van der Waals surface area contributed by atoms with Crippen LogP contribution in [0.25, 0.3) is 0 Å². The molecule has 8 heteroatoms. The van der Waals surface area contributed by atoms with E-state index in [0.717, 1.165) is 5.56 Å². The average molecular weight is 419 g/mol. The summed E-state index contributed by atoms with van der Waals surface area (Å²) in [5.74, 6) is -0.296. The van der Waals surface area contributed by atoms with Crippen molar-refractivity contribution < 1.29 is 23.9 Å². The van der Waals surface area contributed by atoms with E-state index in [0.29, 0.717) is 16.8 Å². The smallest absolute Gasteiger partial charge is 0.434 e. The number of hydrogen-bond donors (Lipinski definition) is 2. The van der Waals surface area contributed by atoms with Crippen LogP contribution < -0.4 is 15.4 Å². The Bertz CT molecular complexity index is 1050. The van der Waals surface area contributed by atoms with Gasteiger partial charge in [-0.1, -0.05) is 18.2 Å². The van der Waals surface area contributed by atoms with Crippen LogP contribution in [0.2, 0.25) is 0 Å². The van der Waals surface area contributed by atoms with E-state index >= 15 is 0 Å². The normalized spacial score (nSPS) is 10.1. The van der Waals surface area contributed by atoms with Crippen LogP contribution in [0.4, 0.5) is 10.5 Å². The molecule has 158 valence electrons. The molecule has 0 saturated carbocycles. The van der Waals surface area contributed by atoms with E-state index in [1.54, 1.807) is 55.7 Å². The Balaban J connectivity index is 1.60. The third-order valence-corrected chi connectivity index (χ3v) is 4.23. The molecule has 0 aliphatic carbocycles. The maximum atomic E-state index is 12.5. The van der Waals surface area contributed by atoms with Crippen molar-refractivity contribution in [2.24, 2.45) is 0 Å². The molecule has 2 N–H and O–H groups in total. The Morgan fingerprint density at radius 2 is 1.55 bits per heavy atom. The summed E-state index contributed by atoms with van der Waals surface area (Å²) >= 11 is 0. The Kier molecular flexibility index (Phi) is 7.31. The molecule has 0 spiro atoms. The van der Waals surface area contributed by atoms with Gasteiger partial charge in [0, 0.05) is 35.8 Å². The van der Waals surface area contributed by atoms with Crippen molar-refractivity contribution in [3.63, 3.8) is 0 Å². The third kappa shape index (κ3) is 6.14. The number of carbonyl (C=O) groups excluding carboxylic acids is 3. The second-order valence-corrected chi connectivity index (χ2v) is 6.34. The number of nitrogens with one attached hydrogen (secondary N) is 2. The van der Waals surface area contributed by atoms with Crippen LogP contribution in [-0.2, 0) is 11.3 Å². The number of amides is 2. The zero-order valence-corrected chi connectivity index (χ0v) is 16.8. The van der Waals surface area contributed by atoms with Gasteiger partial charge < -0.3 is 20.1 Å². The van der Waals surface area contributed by atoms with Gasteiger partial charge >= 0.3 is 6.16 Å². The number of ether oxygens (including phenoxy) is 2. The number of pyridine rings is 1. The first-order chi connectivity index (χ1) is 15.1. The Morgan fingerprint density at radius 3 is 2.26 bits per heavy atom. The molecular weight excluding hydrogens is 398 g/mol. The highest BCUT2D eigenvalue weighted by molar-refractivity contribution is 6.04. The summed E-state index contributed by atoms with van der Waals surface area (Å²) in [5, 5.41) is 5.66. The molecule has 3 rings (SSSR count). The number of aromatic nitrogens is 1. The molecule has 0 radical (unpaired) electrons. The minimum absolute atomic E-state index is 0.212. The van der Waals surface area contributed by atoms with Crippen LogP contribution in [0.3, 0.4) is 0 Å². The average Bonchev–Trinajstić information content (AvgIpc) is 2.79. The fraction of sp³-hybridized carbons (Fsp3) is 0.130. The van der Waals surface area contributed by atoms with Crippen molar-refractivity contribution in [2.45, 2.75) is 13.5 Å². The van der Waals surface area contributed by atoms with Gasteiger partial charge in [0.15, 0.2) is 0 Å². The first-order valence-electron chi connectivity index (χ1n) is 9.59. The van der Waals surface area contributed by atoms with E-state index in [1.165, 1.54) is 12.1 Å². The van der Waals surface area contributed by atoms with Gasteiger partial charge in [0.05, 0.1) is 6.61 Å². The second-order valence-electron chi connectivity index (χ2n) is 6.34. The first-order valence-corrected chi connectivity index (χ1v) is 9.59. The maximum absolute atomic E-state index is 12.5. The van der Waals surface area contributed by atoms with Crippen LogP contribution in [0.5, 0.6) is 5.75 Å². The lowest BCUT2D eigenvalue weighted by atomic mass is 10.1. The highest BCUT2D eigenvalue weighted by atomic mass is 16.7. The minimum atomic E-state index is -0.801. The Labute approximate surface area is 179 Å². The number of benzene rings is 2. The summed E-state index contributed by atoms with van der Waals surface area (Å²) in [5.41, 5.74) is 2.23. The molecular formula is C23H21N3O5. The standard InChI is InChI=1S/C23H21N3O5/c1-2-30-23(29)31-19-9-7-16(8-10-19)21(27)25-15-18-5-3-4-6-20(18)26-22(28)17-11-13-24-14-12-17/h3-14H,2,15H2,1H3,(H,25,27)(H,26,28). The van der Waals surface area contributed by atoms with Crippen molar-refractivity contribution >= 4 is 23.7 Å². The number of hydrogen-bond acceptors (Lipinski definition) is 6. The SMILES string of the molecule is CCOC(=O)Oc1ccc(C(=O)NCc2ccccc2NC(=O)c2ccncc2)cc1. The zero-order chi connectivity index (χ0) is 22.1. The third-order valence-electron chi connectivity index (χ3n) is 4.23. The first kappa shape index (κ1) is 21.5. The predicted molar refractivity (Wildman–Crippen MR) is 114 cm³/mol. The maximum Gasteiger partial charge on any atom is 0.513 e. The van der Waals surface area contributed by atoms with Gasteiger partial charge in [-0.3, -0.25) is 14.6 Å². The fourth-order valence-corrected chi connectivity index (χ4v) is 2.69. The summed E-state index contributed by atoms with van der Waals surface area (Å²) in [6, 6.07) is 16.6. The van der Waals surface area contributed by atoms with Crippen LogP contribution in [0.15, 0.2) is 73.1 Å². The number of nitrogens with zero attached hydrogens (tertiary/aromatic N) is 1. The number of para-hydroxylation sites is 1. The molecule has 1 heterocycles. The van der Waals surface area contributed by atoms with Crippen LogP contribution >= 0.6 is 0 Å². The predicted octanol–water partition coefficient (Wildman–Crippen LogP) is 3.80. The Hall–Kier alpha value is -4.20. The van der Waals surface area contributed by atoms with E-state index in [2.05, 4.69) is 15.6 Å². The number of anilines is 1. The van der Waals surface area contributed by atoms with E-state index in [9.17, 15) is 14.4 Å². The lowest BCUT2D eigenvalue weighted by Crippen LogP contribution is -2.24. The van der Waals surface area contributed by atoms with Gasteiger partial charge in [0.25, 0.3) is 11.8 Å². The highest BCUT2D eigenvalue weighted by Crippen LogP contribution is 2.17. The Morgan fingerprint density at radius 1 is 0.871 bits per heavy atom. The van der Waals surface area contributed by atoms with Gasteiger partial charge in [-0.05, 0) is 55.0 Å². The van der Waals surface area contributed by atoms with Crippen molar-refractivity contribution in [1.29, 1.82) is 0 Å². The minimum Gasteiger partial charge on any atom is -0.434 e. The summed E-state index contributed by atoms with van der Waals surface area (Å²) in [7, 11) is 0. The molecule has 0 saturated heterocycles. The molecule has 31 heavy (non-hydrogen) atoms. The molecule has 2 aromatic carbocycles. The van der Waals surface area contributed by atoms with E-state index in [-0.39, 0.29) is 30.7 Å². The summed E-state index contributed by atoms with van der Waals surface area (Å²) in [6.07, 6.45) is 2.29. The molecule has 1 aromatic heterocycles. The van der Waals surface area contributed by atoms with Crippen molar-refractivity contribution in [3.05, 3.63) is 89.7 Å². The summed E-state index contributed by atoms with van der Waals surface area (Å²) < 4.78 is 9.68. The second kappa shape index (κ2) is 10.5. The van der Waals surface area contributed by atoms with Gasteiger partial charge in [0.1, 0.15) is 5.75 Å². The highest BCUT2D eigenvalue weighted by Gasteiger charge is 2.11. The monoisotopic (exact) mass is 419 g/mol. The fourth-order valence-electron chi connectivity index (χ4n) is 2.69. The largest absolute Gasteiger partial charge is 0.513 e. The lowest BCUT2D eigenvalue weighted by molar-refractivity contribution is 0.0950.